The molecule has 0 saturated carbocycles. The number of allylic oxidation sites excluding steroid dienone is 2. The molecule has 0 amide bonds. The van der Waals surface area contributed by atoms with Crippen molar-refractivity contribution in [1.82, 2.24) is 0 Å². The van der Waals surface area contributed by atoms with Gasteiger partial charge in [-0.2, -0.15) is 43.5 Å². The molecular formula is C5HF9O3S. The van der Waals surface area contributed by atoms with Crippen molar-refractivity contribution in [2.24, 2.45) is 0 Å². The fourth-order valence-electron chi connectivity index (χ4n) is 0.651. The maximum Gasteiger partial charge on any atom is 0.460 e. The van der Waals surface area contributed by atoms with Crippen molar-refractivity contribution in [3.05, 3.63) is 10.7 Å². The van der Waals surface area contributed by atoms with E-state index in [1.54, 1.807) is 0 Å². The Labute approximate surface area is 92.6 Å². The van der Waals surface area contributed by atoms with E-state index in [2.05, 4.69) is 0 Å². The molecule has 0 rings (SSSR count). The minimum absolute atomic E-state index is 4.00. The molecule has 0 radical (unpaired) electrons. The van der Waals surface area contributed by atoms with Gasteiger partial charge in [-0.15, -0.1) is 0 Å². The summed E-state index contributed by atoms with van der Waals surface area (Å²) in [5.74, 6) is -11.1. The highest BCUT2D eigenvalue weighted by atomic mass is 32.2. The van der Waals surface area contributed by atoms with Gasteiger partial charge in [0.1, 0.15) is 0 Å². The minimum atomic E-state index is -6.81. The molecule has 0 bridgehead atoms. The van der Waals surface area contributed by atoms with Crippen molar-refractivity contribution in [2.75, 3.05) is 0 Å². The Hall–Kier alpha value is -0.980. The van der Waals surface area contributed by atoms with Crippen LogP contribution in [0.4, 0.5) is 39.5 Å². The van der Waals surface area contributed by atoms with E-state index in [0.717, 1.165) is 0 Å². The van der Waals surface area contributed by atoms with Crippen LogP contribution in [0.25, 0.3) is 0 Å². The first-order valence-electron chi connectivity index (χ1n) is 3.42. The highest BCUT2D eigenvalue weighted by molar-refractivity contribution is 7.89. The molecule has 0 aliphatic carbocycles. The van der Waals surface area contributed by atoms with Gasteiger partial charge in [0.05, 0.1) is 0 Å². The van der Waals surface area contributed by atoms with Gasteiger partial charge in [0, 0.05) is 0 Å². The second kappa shape index (κ2) is 4.29. The predicted molar refractivity (Wildman–Crippen MR) is 36.7 cm³/mol. The second-order valence-corrected chi connectivity index (χ2v) is 4.05. The summed E-state index contributed by atoms with van der Waals surface area (Å²) >= 11 is 0. The van der Waals surface area contributed by atoms with Crippen molar-refractivity contribution in [1.29, 1.82) is 0 Å². The van der Waals surface area contributed by atoms with E-state index in [1.165, 1.54) is 0 Å². The van der Waals surface area contributed by atoms with Crippen LogP contribution in [0.15, 0.2) is 10.7 Å². The molecule has 3 nitrogen and oxygen atoms in total. The summed E-state index contributed by atoms with van der Waals surface area (Å²) < 4.78 is 135. The Balaban J connectivity index is 6.30. The molecule has 13 heteroatoms. The van der Waals surface area contributed by atoms with Crippen LogP contribution in [0.3, 0.4) is 0 Å². The maximum absolute atomic E-state index is 12.5. The average Bonchev–Trinajstić information content (AvgIpc) is 1.95. The van der Waals surface area contributed by atoms with Crippen molar-refractivity contribution in [3.8, 4) is 0 Å². The number of hydrogen-bond donors (Lipinski definition) is 1. The second-order valence-electron chi connectivity index (χ2n) is 2.69. The molecule has 0 aromatic carbocycles. The predicted octanol–water partition coefficient (Wildman–Crippen LogP) is 2.82. The molecule has 0 unspecified atom stereocenters. The Morgan fingerprint density at radius 3 is 1.39 bits per heavy atom. The molecule has 0 aromatic heterocycles. The Bertz CT molecular complexity index is 454. The molecule has 18 heavy (non-hydrogen) atoms. The van der Waals surface area contributed by atoms with Gasteiger partial charge in [-0.1, -0.05) is 0 Å². The Morgan fingerprint density at radius 1 is 0.889 bits per heavy atom. The van der Waals surface area contributed by atoms with E-state index in [1.807, 2.05) is 0 Å². The highest BCUT2D eigenvalue weighted by Crippen LogP contribution is 2.46. The van der Waals surface area contributed by atoms with E-state index in [-0.39, 0.29) is 0 Å². The van der Waals surface area contributed by atoms with E-state index < -0.39 is 39.1 Å². The maximum atomic E-state index is 12.5. The monoisotopic (exact) mass is 312 g/mol. The largest absolute Gasteiger partial charge is 0.460 e. The summed E-state index contributed by atoms with van der Waals surface area (Å²) in [5, 5.41) is 0. The van der Waals surface area contributed by atoms with Crippen LogP contribution in [-0.2, 0) is 10.1 Å². The lowest BCUT2D eigenvalue weighted by Crippen LogP contribution is -2.40. The van der Waals surface area contributed by atoms with Gasteiger partial charge in [0.25, 0.3) is 0 Å². The molecule has 0 atom stereocenters. The zero-order valence-corrected chi connectivity index (χ0v) is 8.39. The summed E-state index contributed by atoms with van der Waals surface area (Å²) in [6.07, 6.45) is -13.3. The van der Waals surface area contributed by atoms with E-state index in [0.29, 0.717) is 0 Å². The first kappa shape index (κ1) is 17.0. The Kier molecular flexibility index (Phi) is 4.06. The summed E-state index contributed by atoms with van der Waals surface area (Å²) in [7, 11) is -6.67. The van der Waals surface area contributed by atoms with Crippen molar-refractivity contribution >= 4 is 10.1 Å². The zero-order valence-electron chi connectivity index (χ0n) is 7.57. The number of hydrogen-bond acceptors (Lipinski definition) is 2. The van der Waals surface area contributed by atoms with Gasteiger partial charge in [-0.05, 0) is 0 Å². The highest BCUT2D eigenvalue weighted by Gasteiger charge is 2.65. The topological polar surface area (TPSA) is 54.4 Å². The van der Waals surface area contributed by atoms with Crippen molar-refractivity contribution in [2.45, 2.75) is 18.3 Å². The van der Waals surface area contributed by atoms with Crippen LogP contribution in [0, 0.1) is 0 Å². The van der Waals surface area contributed by atoms with Crippen molar-refractivity contribution < 1.29 is 52.5 Å². The average molecular weight is 312 g/mol. The summed E-state index contributed by atoms with van der Waals surface area (Å²) in [5.41, 5.74) is 0. The zero-order chi connectivity index (χ0) is 15.2. The fourth-order valence-corrected chi connectivity index (χ4v) is 1.30. The number of rotatable bonds is 2. The molecule has 0 saturated heterocycles. The van der Waals surface area contributed by atoms with Gasteiger partial charge in [0.15, 0.2) is 0 Å². The molecule has 0 spiro atoms. The molecular weight excluding hydrogens is 311 g/mol. The van der Waals surface area contributed by atoms with Gasteiger partial charge in [-0.25, -0.2) is 4.39 Å². The molecule has 0 heterocycles. The molecule has 1 N–H and O–H groups in total. The molecule has 0 aliphatic heterocycles. The van der Waals surface area contributed by atoms with Crippen LogP contribution in [0.2, 0.25) is 0 Å². The minimum Gasteiger partial charge on any atom is -0.282 e. The quantitative estimate of drug-likeness (QED) is 0.630. The summed E-state index contributed by atoms with van der Waals surface area (Å²) in [4.78, 5) is -4.00. The van der Waals surface area contributed by atoms with Gasteiger partial charge in [-0.3, -0.25) is 4.55 Å². The van der Waals surface area contributed by atoms with Crippen LogP contribution in [-0.4, -0.2) is 31.2 Å². The van der Waals surface area contributed by atoms with Gasteiger partial charge in [0.2, 0.25) is 10.7 Å². The van der Waals surface area contributed by atoms with E-state index >= 15 is 0 Å². The van der Waals surface area contributed by atoms with Crippen LogP contribution < -0.4 is 0 Å². The molecule has 0 aliphatic rings. The fraction of sp³-hybridized carbons (Fsp3) is 0.600. The summed E-state index contributed by atoms with van der Waals surface area (Å²) in [6, 6.07) is 0. The SMILES string of the molecule is O=S(=O)(O)C(=C(F)C(F)(F)C(F)(F)F)C(F)(F)F. The lowest BCUT2D eigenvalue weighted by atomic mass is 10.2. The standard InChI is InChI=1S/C5HF9O3S/c6-1(3(7,8)5(12,13)14)2(4(9,10)11)18(15,16)17/h(H,15,16,17). The third kappa shape index (κ3) is 3.28. The molecule has 108 valence electrons. The number of alkyl halides is 8. The normalized spacial score (nSPS) is 16.6. The first-order valence-corrected chi connectivity index (χ1v) is 4.86. The van der Waals surface area contributed by atoms with Gasteiger partial charge >= 0.3 is 28.4 Å². The van der Waals surface area contributed by atoms with Gasteiger partial charge < -0.3 is 0 Å². The smallest absolute Gasteiger partial charge is 0.282 e. The van der Waals surface area contributed by atoms with Crippen molar-refractivity contribution in [3.63, 3.8) is 0 Å². The van der Waals surface area contributed by atoms with Crippen LogP contribution >= 0.6 is 0 Å². The Morgan fingerprint density at radius 2 is 1.22 bits per heavy atom. The number of halogens is 9. The van der Waals surface area contributed by atoms with E-state index in [9.17, 15) is 47.9 Å². The third-order valence-electron chi connectivity index (χ3n) is 1.35. The lowest BCUT2D eigenvalue weighted by molar-refractivity contribution is -0.271. The van der Waals surface area contributed by atoms with Crippen LogP contribution in [0.1, 0.15) is 0 Å². The van der Waals surface area contributed by atoms with E-state index in [4.69, 9.17) is 4.55 Å². The lowest BCUT2D eigenvalue weighted by Gasteiger charge is -2.20. The molecule has 0 aromatic rings. The summed E-state index contributed by atoms with van der Waals surface area (Å²) in [6.45, 7) is 0. The first-order chi connectivity index (χ1) is 7.53. The third-order valence-corrected chi connectivity index (χ3v) is 2.27. The van der Waals surface area contributed by atoms with Crippen LogP contribution in [0.5, 0.6) is 0 Å². The molecule has 0 fully saturated rings.